The first-order chi connectivity index (χ1) is 17.2. The van der Waals surface area contributed by atoms with Gasteiger partial charge in [-0.25, -0.2) is 0 Å². The van der Waals surface area contributed by atoms with E-state index in [0.717, 1.165) is 42.7 Å². The number of nitrogens with one attached hydrogen (secondary N) is 1. The smallest absolute Gasteiger partial charge is 0.251 e. The molecule has 1 saturated heterocycles. The largest absolute Gasteiger partial charge is 0.493 e. The van der Waals surface area contributed by atoms with Gasteiger partial charge < -0.3 is 24.4 Å². The topological polar surface area (TPSA) is 72.9 Å². The van der Waals surface area contributed by atoms with Crippen LogP contribution in [-0.2, 0) is 6.42 Å². The van der Waals surface area contributed by atoms with Crippen LogP contribution in [0, 0.1) is 0 Å². The summed E-state index contributed by atoms with van der Waals surface area (Å²) in [6.07, 6.45) is 6.71. The predicted octanol–water partition coefficient (Wildman–Crippen LogP) is 4.21. The van der Waals surface area contributed by atoms with Gasteiger partial charge in [0.25, 0.3) is 5.91 Å². The van der Waals surface area contributed by atoms with Crippen LogP contribution in [-0.4, -0.2) is 62.8 Å². The summed E-state index contributed by atoms with van der Waals surface area (Å²) in [6.45, 7) is 4.32. The van der Waals surface area contributed by atoms with Crippen molar-refractivity contribution in [3.8, 4) is 28.4 Å². The maximum atomic E-state index is 12.6. The molecule has 0 unspecified atom stereocenters. The second-order valence-electron chi connectivity index (χ2n) is 8.58. The van der Waals surface area contributed by atoms with E-state index in [1.165, 1.54) is 12.8 Å². The lowest BCUT2D eigenvalue weighted by Crippen LogP contribution is -2.33. The summed E-state index contributed by atoms with van der Waals surface area (Å²) in [5, 5.41) is 3.04. The van der Waals surface area contributed by atoms with Crippen LogP contribution in [0.2, 0.25) is 0 Å². The van der Waals surface area contributed by atoms with Crippen molar-refractivity contribution in [1.29, 1.82) is 0 Å². The van der Waals surface area contributed by atoms with Gasteiger partial charge in [-0.2, -0.15) is 0 Å². The Morgan fingerprint density at radius 3 is 2.60 bits per heavy atom. The minimum Gasteiger partial charge on any atom is -0.493 e. The second-order valence-corrected chi connectivity index (χ2v) is 8.58. The molecule has 2 aromatic carbocycles. The summed E-state index contributed by atoms with van der Waals surface area (Å²) in [7, 11) is 3.25. The van der Waals surface area contributed by atoms with Crippen molar-refractivity contribution in [2.75, 3.05) is 47.0 Å². The van der Waals surface area contributed by atoms with Crippen LogP contribution in [0.1, 0.15) is 28.8 Å². The zero-order valence-electron chi connectivity index (χ0n) is 20.5. The molecule has 0 radical (unpaired) electrons. The summed E-state index contributed by atoms with van der Waals surface area (Å²) < 4.78 is 16.6. The molecule has 4 rings (SSSR count). The van der Waals surface area contributed by atoms with Crippen molar-refractivity contribution < 1.29 is 19.0 Å². The summed E-state index contributed by atoms with van der Waals surface area (Å²) in [6, 6.07) is 15.4. The predicted molar refractivity (Wildman–Crippen MR) is 136 cm³/mol. The van der Waals surface area contributed by atoms with Gasteiger partial charge in [0.1, 0.15) is 5.75 Å². The van der Waals surface area contributed by atoms with Gasteiger partial charge in [-0.1, -0.05) is 18.2 Å². The van der Waals surface area contributed by atoms with Crippen LogP contribution < -0.4 is 19.5 Å². The van der Waals surface area contributed by atoms with Crippen LogP contribution in [0.5, 0.6) is 17.2 Å². The van der Waals surface area contributed by atoms with E-state index in [2.05, 4.69) is 15.2 Å². The Morgan fingerprint density at radius 1 is 0.971 bits per heavy atom. The quantitative estimate of drug-likeness (QED) is 0.448. The molecule has 184 valence electrons. The summed E-state index contributed by atoms with van der Waals surface area (Å²) in [5.41, 5.74) is 3.56. The number of hydrogen-bond donors (Lipinski definition) is 1. The van der Waals surface area contributed by atoms with E-state index in [-0.39, 0.29) is 5.91 Å². The molecule has 0 bridgehead atoms. The van der Waals surface area contributed by atoms with Crippen molar-refractivity contribution in [3.63, 3.8) is 0 Å². The summed E-state index contributed by atoms with van der Waals surface area (Å²) >= 11 is 0. The number of carbonyl (C=O) groups excluding carboxylic acids is 1. The molecule has 0 spiro atoms. The molecule has 1 N–H and O–H groups in total. The van der Waals surface area contributed by atoms with E-state index >= 15 is 0 Å². The SMILES string of the molecule is COc1ccc(CCOc2cncc(-c3cccc(C(=O)NCCN4CCCC4)c3)c2)cc1OC. The summed E-state index contributed by atoms with van der Waals surface area (Å²) in [5.74, 6) is 2.04. The third-order valence-corrected chi connectivity index (χ3v) is 6.19. The Labute approximate surface area is 207 Å². The molecule has 7 nitrogen and oxygen atoms in total. The highest BCUT2D eigenvalue weighted by atomic mass is 16.5. The van der Waals surface area contributed by atoms with E-state index in [0.29, 0.717) is 36.0 Å². The van der Waals surface area contributed by atoms with Crippen molar-refractivity contribution in [3.05, 3.63) is 72.1 Å². The molecule has 1 amide bonds. The Hall–Kier alpha value is -3.58. The number of aromatic nitrogens is 1. The third-order valence-electron chi connectivity index (χ3n) is 6.19. The maximum absolute atomic E-state index is 12.6. The van der Waals surface area contributed by atoms with Crippen molar-refractivity contribution in [2.24, 2.45) is 0 Å². The van der Waals surface area contributed by atoms with E-state index in [1.54, 1.807) is 26.6 Å². The molecule has 35 heavy (non-hydrogen) atoms. The Balaban J connectivity index is 1.33. The average Bonchev–Trinajstić information content (AvgIpc) is 3.42. The van der Waals surface area contributed by atoms with Crippen LogP contribution in [0.3, 0.4) is 0 Å². The minimum atomic E-state index is -0.0543. The molecule has 2 heterocycles. The molecule has 1 aromatic heterocycles. The zero-order valence-corrected chi connectivity index (χ0v) is 20.5. The Morgan fingerprint density at radius 2 is 1.80 bits per heavy atom. The Kier molecular flexibility index (Phi) is 8.57. The van der Waals surface area contributed by atoms with Gasteiger partial charge in [-0.3, -0.25) is 9.78 Å². The number of hydrogen-bond acceptors (Lipinski definition) is 6. The van der Waals surface area contributed by atoms with E-state index in [4.69, 9.17) is 14.2 Å². The number of ether oxygens (including phenoxy) is 3. The molecule has 3 aromatic rings. The fraction of sp³-hybridized carbons (Fsp3) is 0.357. The lowest BCUT2D eigenvalue weighted by Gasteiger charge is -2.15. The number of carbonyl (C=O) groups is 1. The molecule has 1 fully saturated rings. The lowest BCUT2D eigenvalue weighted by molar-refractivity contribution is 0.0950. The van der Waals surface area contributed by atoms with Crippen molar-refractivity contribution >= 4 is 5.91 Å². The van der Waals surface area contributed by atoms with Gasteiger partial charge in [-0.05, 0) is 67.4 Å². The third kappa shape index (κ3) is 6.73. The second kappa shape index (κ2) is 12.2. The number of methoxy groups -OCH3 is 2. The fourth-order valence-electron chi connectivity index (χ4n) is 4.25. The minimum absolute atomic E-state index is 0.0543. The highest BCUT2D eigenvalue weighted by Gasteiger charge is 2.12. The van der Waals surface area contributed by atoms with Crippen molar-refractivity contribution in [2.45, 2.75) is 19.3 Å². The highest BCUT2D eigenvalue weighted by Crippen LogP contribution is 2.28. The molecule has 0 saturated carbocycles. The normalized spacial score (nSPS) is 13.4. The molecule has 0 aliphatic carbocycles. The highest BCUT2D eigenvalue weighted by molar-refractivity contribution is 5.95. The monoisotopic (exact) mass is 475 g/mol. The number of amides is 1. The van der Waals surface area contributed by atoms with E-state index in [1.807, 2.05) is 48.5 Å². The van der Waals surface area contributed by atoms with Crippen LogP contribution >= 0.6 is 0 Å². The standard InChI is InChI=1S/C28H33N3O4/c1-33-26-9-8-21(16-27(26)34-2)10-15-35-25-18-24(19-29-20-25)22-6-5-7-23(17-22)28(32)30-11-14-31-12-3-4-13-31/h5-9,16-20H,3-4,10-15H2,1-2H3,(H,30,32). The Bertz CT molecular complexity index is 1130. The number of likely N-dealkylation sites (tertiary alicyclic amines) is 1. The number of nitrogens with zero attached hydrogens (tertiary/aromatic N) is 2. The van der Waals surface area contributed by atoms with Crippen molar-refractivity contribution in [1.82, 2.24) is 15.2 Å². The number of benzene rings is 2. The molecule has 0 atom stereocenters. The molecule has 1 aliphatic rings. The maximum Gasteiger partial charge on any atom is 0.251 e. The molecule has 7 heteroatoms. The first-order valence-corrected chi connectivity index (χ1v) is 12.1. The van der Waals surface area contributed by atoms with Gasteiger partial charge in [-0.15, -0.1) is 0 Å². The van der Waals surface area contributed by atoms with Crippen LogP contribution in [0.4, 0.5) is 0 Å². The van der Waals surface area contributed by atoms with E-state index in [9.17, 15) is 4.79 Å². The first kappa shape index (κ1) is 24.5. The number of pyridine rings is 1. The van der Waals surface area contributed by atoms with Gasteiger partial charge in [0.05, 0.1) is 27.0 Å². The van der Waals surface area contributed by atoms with Crippen LogP contribution in [0.15, 0.2) is 60.9 Å². The fourth-order valence-corrected chi connectivity index (χ4v) is 4.25. The molecular formula is C28H33N3O4. The zero-order chi connectivity index (χ0) is 24.5. The first-order valence-electron chi connectivity index (χ1n) is 12.1. The van der Waals surface area contributed by atoms with E-state index < -0.39 is 0 Å². The van der Waals surface area contributed by atoms with Gasteiger partial charge in [0.2, 0.25) is 0 Å². The van der Waals surface area contributed by atoms with Gasteiger partial charge in [0.15, 0.2) is 11.5 Å². The van der Waals surface area contributed by atoms with Gasteiger partial charge in [0, 0.05) is 36.8 Å². The molecule has 1 aliphatic heterocycles. The molecular weight excluding hydrogens is 442 g/mol. The van der Waals surface area contributed by atoms with Gasteiger partial charge >= 0.3 is 0 Å². The summed E-state index contributed by atoms with van der Waals surface area (Å²) in [4.78, 5) is 19.4. The van der Waals surface area contributed by atoms with Crippen LogP contribution in [0.25, 0.3) is 11.1 Å². The number of rotatable bonds is 11. The average molecular weight is 476 g/mol. The lowest BCUT2D eigenvalue weighted by atomic mass is 10.0.